The summed E-state index contributed by atoms with van der Waals surface area (Å²) in [5.41, 5.74) is 0.146. The van der Waals surface area contributed by atoms with Gasteiger partial charge in [-0.15, -0.1) is 0 Å². The second-order valence-corrected chi connectivity index (χ2v) is 9.40. The highest BCUT2D eigenvalue weighted by Gasteiger charge is 2.39. The van der Waals surface area contributed by atoms with Crippen LogP contribution in [0.4, 0.5) is 43.4 Å². The van der Waals surface area contributed by atoms with E-state index in [2.05, 4.69) is 4.99 Å². The Labute approximate surface area is 226 Å². The molecule has 2 aliphatic heterocycles. The molecule has 0 saturated carbocycles. The first-order valence-electron chi connectivity index (χ1n) is 12.4. The molecular weight excluding hydrogens is 538 g/mol. The third-order valence-corrected chi connectivity index (χ3v) is 6.97. The molecule has 210 valence electrons. The zero-order valence-electron chi connectivity index (χ0n) is 21.3. The number of halogens is 6. The van der Waals surface area contributed by atoms with E-state index < -0.39 is 35.4 Å². The summed E-state index contributed by atoms with van der Waals surface area (Å²) < 4.78 is 87.9. The molecule has 6 nitrogen and oxygen atoms in total. The lowest BCUT2D eigenvalue weighted by atomic mass is 9.96. The number of methoxy groups -OCH3 is 1. The van der Waals surface area contributed by atoms with Crippen LogP contribution in [0.25, 0.3) is 0 Å². The SMILES string of the molecule is COC(=O)CC1c2cc(F)c(F)cc2N=C(N2CCN(c3ccc(F)cc3)CC2)N1c1cccc(C(F)(F)F)c1. The fourth-order valence-corrected chi connectivity index (χ4v) is 4.97. The Kier molecular flexibility index (Phi) is 7.35. The van der Waals surface area contributed by atoms with Crippen molar-refractivity contribution in [2.24, 2.45) is 4.99 Å². The van der Waals surface area contributed by atoms with E-state index in [4.69, 9.17) is 4.74 Å². The van der Waals surface area contributed by atoms with Gasteiger partial charge in [-0.2, -0.15) is 13.2 Å². The molecule has 0 amide bonds. The van der Waals surface area contributed by atoms with E-state index in [0.29, 0.717) is 26.2 Å². The van der Waals surface area contributed by atoms with E-state index in [1.807, 2.05) is 9.80 Å². The lowest BCUT2D eigenvalue weighted by Crippen LogP contribution is -2.55. The topological polar surface area (TPSA) is 48.4 Å². The summed E-state index contributed by atoms with van der Waals surface area (Å²) in [6, 6.07) is 11.3. The van der Waals surface area contributed by atoms with Crippen LogP contribution in [0, 0.1) is 17.5 Å². The van der Waals surface area contributed by atoms with E-state index >= 15 is 0 Å². The van der Waals surface area contributed by atoms with Gasteiger partial charge >= 0.3 is 12.1 Å². The van der Waals surface area contributed by atoms with E-state index in [0.717, 1.165) is 37.1 Å². The summed E-state index contributed by atoms with van der Waals surface area (Å²) in [4.78, 5) is 22.3. The number of hydrogen-bond acceptors (Lipinski definition) is 6. The molecule has 0 spiro atoms. The van der Waals surface area contributed by atoms with Gasteiger partial charge in [0.05, 0.1) is 30.8 Å². The Morgan fingerprint density at radius 1 is 0.900 bits per heavy atom. The first-order chi connectivity index (χ1) is 19.0. The average Bonchev–Trinajstić information content (AvgIpc) is 2.94. The number of aliphatic imine (C=N–C) groups is 1. The second-order valence-electron chi connectivity index (χ2n) is 9.40. The normalized spacial score (nSPS) is 17.4. The molecule has 1 atom stereocenters. The van der Waals surface area contributed by atoms with Gasteiger partial charge in [0.25, 0.3) is 0 Å². The number of anilines is 2. The number of guanidine groups is 1. The molecular formula is C28H24F6N4O2. The van der Waals surface area contributed by atoms with Crippen LogP contribution in [0.2, 0.25) is 0 Å². The molecule has 5 rings (SSSR count). The number of esters is 1. The Bertz CT molecular complexity index is 1440. The van der Waals surface area contributed by atoms with Crippen molar-refractivity contribution in [3.8, 4) is 0 Å². The summed E-state index contributed by atoms with van der Waals surface area (Å²) in [6.07, 6.45) is -5.01. The first-order valence-corrected chi connectivity index (χ1v) is 12.4. The number of carbonyl (C=O) groups is 1. The van der Waals surface area contributed by atoms with Crippen LogP contribution in [-0.2, 0) is 15.7 Å². The number of fused-ring (bicyclic) bond motifs is 1. The molecule has 2 aliphatic rings. The van der Waals surface area contributed by atoms with Crippen LogP contribution in [0.1, 0.15) is 23.6 Å². The van der Waals surface area contributed by atoms with E-state index in [-0.39, 0.29) is 35.1 Å². The minimum Gasteiger partial charge on any atom is -0.469 e. The third kappa shape index (κ3) is 5.43. The van der Waals surface area contributed by atoms with Crippen LogP contribution in [0.15, 0.2) is 65.7 Å². The van der Waals surface area contributed by atoms with Crippen molar-refractivity contribution < 1.29 is 35.9 Å². The Morgan fingerprint density at radius 2 is 1.55 bits per heavy atom. The van der Waals surface area contributed by atoms with Gasteiger partial charge in [-0.05, 0) is 48.5 Å². The molecule has 0 aliphatic carbocycles. The quantitative estimate of drug-likeness (QED) is 0.286. The van der Waals surface area contributed by atoms with Crippen LogP contribution in [-0.4, -0.2) is 50.1 Å². The van der Waals surface area contributed by atoms with Gasteiger partial charge in [0.2, 0.25) is 5.96 Å². The molecule has 40 heavy (non-hydrogen) atoms. The zero-order valence-corrected chi connectivity index (χ0v) is 21.3. The summed E-state index contributed by atoms with van der Waals surface area (Å²) >= 11 is 0. The second kappa shape index (κ2) is 10.7. The molecule has 2 heterocycles. The fourth-order valence-electron chi connectivity index (χ4n) is 4.97. The predicted molar refractivity (Wildman–Crippen MR) is 137 cm³/mol. The number of hydrogen-bond donors (Lipinski definition) is 0. The highest BCUT2D eigenvalue weighted by Crippen LogP contribution is 2.43. The standard InChI is InChI=1S/C28H24F6N4O2/c1-40-26(39)16-25-21-14-22(30)23(31)15-24(21)35-27(38(25)20-4-2-3-17(13-20)28(32,33)34)37-11-9-36(10-12-37)19-7-5-18(29)6-8-19/h2-8,13-15,25H,9-12,16H2,1H3. The Hall–Kier alpha value is -4.22. The fraction of sp³-hybridized carbons (Fsp3) is 0.286. The molecule has 3 aromatic rings. The number of carbonyl (C=O) groups excluding carboxylic acids is 1. The van der Waals surface area contributed by atoms with Crippen LogP contribution < -0.4 is 9.80 Å². The van der Waals surface area contributed by atoms with Crippen molar-refractivity contribution in [2.75, 3.05) is 43.1 Å². The molecule has 12 heteroatoms. The average molecular weight is 563 g/mol. The number of benzene rings is 3. The maximum absolute atomic E-state index is 14.4. The van der Waals surface area contributed by atoms with Gasteiger partial charge in [-0.3, -0.25) is 4.79 Å². The minimum absolute atomic E-state index is 0.0620. The van der Waals surface area contributed by atoms with Gasteiger partial charge in [0.15, 0.2) is 11.6 Å². The smallest absolute Gasteiger partial charge is 0.416 e. The molecule has 1 unspecified atom stereocenters. The molecule has 1 saturated heterocycles. The predicted octanol–water partition coefficient (Wildman–Crippen LogP) is 6.06. The molecule has 1 fully saturated rings. The van der Waals surface area contributed by atoms with Gasteiger partial charge in [0, 0.05) is 49.2 Å². The maximum Gasteiger partial charge on any atom is 0.416 e. The van der Waals surface area contributed by atoms with Crippen molar-refractivity contribution in [1.29, 1.82) is 0 Å². The Morgan fingerprint density at radius 3 is 2.20 bits per heavy atom. The van der Waals surface area contributed by atoms with E-state index in [9.17, 15) is 31.1 Å². The number of piperazine rings is 1. The summed E-state index contributed by atoms with van der Waals surface area (Å²) in [6.45, 7) is 1.64. The van der Waals surface area contributed by atoms with Gasteiger partial charge < -0.3 is 19.4 Å². The van der Waals surface area contributed by atoms with Crippen molar-refractivity contribution in [3.05, 3.63) is 89.2 Å². The van der Waals surface area contributed by atoms with Crippen LogP contribution in [0.3, 0.4) is 0 Å². The van der Waals surface area contributed by atoms with Crippen molar-refractivity contribution >= 4 is 29.0 Å². The molecule has 0 aromatic heterocycles. The Balaban J connectivity index is 1.58. The highest BCUT2D eigenvalue weighted by molar-refractivity contribution is 6.01. The number of nitrogens with zero attached hydrogens (tertiary/aromatic N) is 4. The van der Waals surface area contributed by atoms with Crippen LogP contribution >= 0.6 is 0 Å². The van der Waals surface area contributed by atoms with Crippen molar-refractivity contribution in [1.82, 2.24) is 4.90 Å². The molecule has 0 N–H and O–H groups in total. The van der Waals surface area contributed by atoms with Crippen molar-refractivity contribution in [2.45, 2.75) is 18.6 Å². The monoisotopic (exact) mass is 562 g/mol. The summed E-state index contributed by atoms with van der Waals surface area (Å²) in [5.74, 6) is -3.20. The number of ether oxygens (including phenoxy) is 1. The van der Waals surface area contributed by atoms with Gasteiger partial charge in [-0.25, -0.2) is 18.2 Å². The first kappa shape index (κ1) is 27.4. The van der Waals surface area contributed by atoms with Crippen molar-refractivity contribution in [3.63, 3.8) is 0 Å². The molecule has 3 aromatic carbocycles. The van der Waals surface area contributed by atoms with Gasteiger partial charge in [0.1, 0.15) is 5.82 Å². The lowest BCUT2D eigenvalue weighted by molar-refractivity contribution is -0.141. The summed E-state index contributed by atoms with van der Waals surface area (Å²) in [5, 5.41) is 0. The lowest BCUT2D eigenvalue weighted by Gasteiger charge is -2.45. The summed E-state index contributed by atoms with van der Waals surface area (Å²) in [7, 11) is 1.16. The maximum atomic E-state index is 14.4. The third-order valence-electron chi connectivity index (χ3n) is 6.97. The van der Waals surface area contributed by atoms with E-state index in [1.54, 1.807) is 12.1 Å². The minimum atomic E-state index is -4.64. The van der Waals surface area contributed by atoms with Gasteiger partial charge in [-0.1, -0.05) is 6.07 Å². The highest BCUT2D eigenvalue weighted by atomic mass is 19.4. The number of alkyl halides is 3. The molecule has 0 radical (unpaired) electrons. The number of rotatable bonds is 4. The van der Waals surface area contributed by atoms with Crippen LogP contribution in [0.5, 0.6) is 0 Å². The zero-order chi connectivity index (χ0) is 28.6. The largest absolute Gasteiger partial charge is 0.469 e. The molecule has 0 bridgehead atoms. The van der Waals surface area contributed by atoms with E-state index in [1.165, 1.54) is 29.2 Å².